The molecule has 1 rings (SSSR count). The number of aliphatic carboxylic acids is 1. The van der Waals surface area contributed by atoms with Crippen molar-refractivity contribution in [3.8, 4) is 0 Å². The standard InChI is InChI=1S/C11H11F3O2/c1-5(2)8(11(15)16)9-6(12)3-4-7(13)10(9)14/h3-5,8H,1-2H3,(H,15,16). The highest BCUT2D eigenvalue weighted by molar-refractivity contribution is 5.76. The Morgan fingerprint density at radius 1 is 1.19 bits per heavy atom. The van der Waals surface area contributed by atoms with Crippen molar-refractivity contribution in [2.45, 2.75) is 19.8 Å². The topological polar surface area (TPSA) is 37.3 Å². The van der Waals surface area contributed by atoms with Crippen LogP contribution in [0.3, 0.4) is 0 Å². The fourth-order valence-corrected chi connectivity index (χ4v) is 1.57. The minimum absolute atomic E-state index is 0.539. The molecule has 1 aromatic carbocycles. The normalized spacial score (nSPS) is 12.9. The molecule has 0 bridgehead atoms. The molecular formula is C11H11F3O2. The highest BCUT2D eigenvalue weighted by Crippen LogP contribution is 2.30. The number of hydrogen-bond donors (Lipinski definition) is 1. The van der Waals surface area contributed by atoms with Crippen molar-refractivity contribution < 1.29 is 23.1 Å². The van der Waals surface area contributed by atoms with E-state index in [4.69, 9.17) is 5.11 Å². The molecule has 0 radical (unpaired) electrons. The highest BCUT2D eigenvalue weighted by atomic mass is 19.2. The van der Waals surface area contributed by atoms with E-state index in [2.05, 4.69) is 0 Å². The summed E-state index contributed by atoms with van der Waals surface area (Å²) >= 11 is 0. The molecule has 16 heavy (non-hydrogen) atoms. The molecule has 0 aliphatic rings. The van der Waals surface area contributed by atoms with E-state index >= 15 is 0 Å². The zero-order valence-corrected chi connectivity index (χ0v) is 8.80. The van der Waals surface area contributed by atoms with Gasteiger partial charge in [0.2, 0.25) is 0 Å². The summed E-state index contributed by atoms with van der Waals surface area (Å²) < 4.78 is 39.6. The van der Waals surface area contributed by atoms with E-state index < -0.39 is 40.8 Å². The van der Waals surface area contributed by atoms with Gasteiger partial charge in [-0.25, -0.2) is 13.2 Å². The van der Waals surface area contributed by atoms with Crippen LogP contribution in [0.1, 0.15) is 25.3 Å². The summed E-state index contributed by atoms with van der Waals surface area (Å²) in [6.45, 7) is 3.01. The quantitative estimate of drug-likeness (QED) is 0.813. The first-order chi connectivity index (χ1) is 7.36. The average molecular weight is 232 g/mol. The van der Waals surface area contributed by atoms with Gasteiger partial charge in [-0.3, -0.25) is 4.79 Å². The molecule has 0 saturated carbocycles. The largest absolute Gasteiger partial charge is 0.481 e. The lowest BCUT2D eigenvalue weighted by Crippen LogP contribution is -2.20. The van der Waals surface area contributed by atoms with Crippen LogP contribution in [0.25, 0.3) is 0 Å². The van der Waals surface area contributed by atoms with Crippen LogP contribution in [-0.4, -0.2) is 11.1 Å². The molecule has 1 N–H and O–H groups in total. The highest BCUT2D eigenvalue weighted by Gasteiger charge is 2.30. The molecule has 1 atom stereocenters. The van der Waals surface area contributed by atoms with Gasteiger partial charge in [-0.15, -0.1) is 0 Å². The van der Waals surface area contributed by atoms with E-state index in [1.165, 1.54) is 13.8 Å². The Labute approximate surface area is 90.7 Å². The number of carboxylic acid groups (broad SMARTS) is 1. The first-order valence-corrected chi connectivity index (χ1v) is 4.72. The Bertz CT molecular complexity index is 416. The van der Waals surface area contributed by atoms with Crippen molar-refractivity contribution >= 4 is 5.97 Å². The van der Waals surface area contributed by atoms with Crippen molar-refractivity contribution in [2.24, 2.45) is 5.92 Å². The summed E-state index contributed by atoms with van der Waals surface area (Å²) in [6.07, 6.45) is 0. The minimum atomic E-state index is -1.43. The van der Waals surface area contributed by atoms with E-state index in [0.717, 1.165) is 6.07 Å². The minimum Gasteiger partial charge on any atom is -0.481 e. The molecule has 1 aromatic rings. The molecule has 0 aromatic heterocycles. The molecule has 5 heteroatoms. The first kappa shape index (κ1) is 12.5. The third-order valence-electron chi connectivity index (χ3n) is 2.32. The Morgan fingerprint density at radius 2 is 1.69 bits per heavy atom. The number of hydrogen-bond acceptors (Lipinski definition) is 1. The molecule has 0 amide bonds. The molecule has 2 nitrogen and oxygen atoms in total. The second kappa shape index (κ2) is 4.55. The molecule has 0 aliphatic heterocycles. The number of benzene rings is 1. The van der Waals surface area contributed by atoms with Crippen LogP contribution >= 0.6 is 0 Å². The lowest BCUT2D eigenvalue weighted by atomic mass is 9.88. The molecule has 88 valence electrons. The fraction of sp³-hybridized carbons (Fsp3) is 0.364. The van der Waals surface area contributed by atoms with Crippen molar-refractivity contribution in [1.29, 1.82) is 0 Å². The lowest BCUT2D eigenvalue weighted by Gasteiger charge is -2.18. The Balaban J connectivity index is 3.40. The van der Waals surface area contributed by atoms with Crippen LogP contribution in [0.4, 0.5) is 13.2 Å². The van der Waals surface area contributed by atoms with Crippen molar-refractivity contribution in [2.75, 3.05) is 0 Å². The van der Waals surface area contributed by atoms with Crippen LogP contribution < -0.4 is 0 Å². The molecule has 0 fully saturated rings. The number of carboxylic acids is 1. The van der Waals surface area contributed by atoms with Gasteiger partial charge in [0.05, 0.1) is 5.92 Å². The van der Waals surface area contributed by atoms with Gasteiger partial charge in [0.1, 0.15) is 5.82 Å². The molecule has 0 heterocycles. The Morgan fingerprint density at radius 3 is 2.12 bits per heavy atom. The van der Waals surface area contributed by atoms with Crippen LogP contribution in [0, 0.1) is 23.4 Å². The molecule has 0 spiro atoms. The molecule has 1 unspecified atom stereocenters. The molecular weight excluding hydrogens is 221 g/mol. The van der Waals surface area contributed by atoms with Crippen LogP contribution in [0.2, 0.25) is 0 Å². The summed E-state index contributed by atoms with van der Waals surface area (Å²) in [5.41, 5.74) is -0.720. The van der Waals surface area contributed by atoms with E-state index in [1.807, 2.05) is 0 Å². The lowest BCUT2D eigenvalue weighted by molar-refractivity contribution is -0.140. The van der Waals surface area contributed by atoms with Gasteiger partial charge in [-0.1, -0.05) is 13.8 Å². The van der Waals surface area contributed by atoms with E-state index in [9.17, 15) is 18.0 Å². The summed E-state index contributed by atoms with van der Waals surface area (Å²) in [4.78, 5) is 10.9. The van der Waals surface area contributed by atoms with Crippen molar-refractivity contribution in [3.05, 3.63) is 35.1 Å². The maximum Gasteiger partial charge on any atom is 0.311 e. The van der Waals surface area contributed by atoms with Crippen LogP contribution in [0.5, 0.6) is 0 Å². The van der Waals surface area contributed by atoms with E-state index in [1.54, 1.807) is 0 Å². The second-order valence-corrected chi connectivity index (χ2v) is 3.82. The van der Waals surface area contributed by atoms with Gasteiger partial charge in [-0.05, 0) is 18.1 Å². The summed E-state index contributed by atoms with van der Waals surface area (Å²) in [5, 5.41) is 8.88. The van der Waals surface area contributed by atoms with Crippen molar-refractivity contribution in [3.63, 3.8) is 0 Å². The van der Waals surface area contributed by atoms with Gasteiger partial charge < -0.3 is 5.11 Å². The van der Waals surface area contributed by atoms with Crippen LogP contribution in [-0.2, 0) is 4.79 Å². The smallest absolute Gasteiger partial charge is 0.311 e. The summed E-state index contributed by atoms with van der Waals surface area (Å²) in [7, 11) is 0. The zero-order chi connectivity index (χ0) is 12.5. The summed E-state index contributed by atoms with van der Waals surface area (Å²) in [5.74, 6) is -7.03. The maximum atomic E-state index is 13.4. The predicted molar refractivity (Wildman–Crippen MR) is 51.5 cm³/mol. The van der Waals surface area contributed by atoms with Crippen LogP contribution in [0.15, 0.2) is 12.1 Å². The maximum absolute atomic E-state index is 13.4. The molecule has 0 saturated heterocycles. The van der Waals surface area contributed by atoms with Gasteiger partial charge in [0.15, 0.2) is 11.6 Å². The molecule has 0 aliphatic carbocycles. The zero-order valence-electron chi connectivity index (χ0n) is 8.80. The Hall–Kier alpha value is -1.52. The van der Waals surface area contributed by atoms with E-state index in [-0.39, 0.29) is 0 Å². The summed E-state index contributed by atoms with van der Waals surface area (Å²) in [6, 6.07) is 1.36. The van der Waals surface area contributed by atoms with Gasteiger partial charge >= 0.3 is 5.97 Å². The average Bonchev–Trinajstić information content (AvgIpc) is 2.17. The monoisotopic (exact) mass is 232 g/mol. The van der Waals surface area contributed by atoms with Crippen molar-refractivity contribution in [1.82, 2.24) is 0 Å². The fourth-order valence-electron chi connectivity index (χ4n) is 1.57. The first-order valence-electron chi connectivity index (χ1n) is 4.72. The number of halogens is 3. The second-order valence-electron chi connectivity index (χ2n) is 3.82. The number of carbonyl (C=O) groups is 1. The third kappa shape index (κ3) is 2.18. The number of rotatable bonds is 3. The predicted octanol–water partition coefficient (Wildman–Crippen LogP) is 2.93. The van der Waals surface area contributed by atoms with Gasteiger partial charge in [-0.2, -0.15) is 0 Å². The third-order valence-corrected chi connectivity index (χ3v) is 2.32. The van der Waals surface area contributed by atoms with Gasteiger partial charge in [0, 0.05) is 5.56 Å². The van der Waals surface area contributed by atoms with Gasteiger partial charge in [0.25, 0.3) is 0 Å². The Kier molecular flexibility index (Phi) is 3.57. The SMILES string of the molecule is CC(C)C(C(=O)O)c1c(F)ccc(F)c1F. The van der Waals surface area contributed by atoms with E-state index in [0.29, 0.717) is 6.07 Å².